The van der Waals surface area contributed by atoms with Gasteiger partial charge in [0, 0.05) is 13.8 Å². The fourth-order valence-electron chi connectivity index (χ4n) is 2.22. The monoisotopic (exact) mass is 317 g/mol. The van der Waals surface area contributed by atoms with E-state index in [2.05, 4.69) is 4.74 Å². The second-order valence-corrected chi connectivity index (χ2v) is 4.54. The summed E-state index contributed by atoms with van der Waals surface area (Å²) in [5.41, 5.74) is 0. The molecule has 124 valence electrons. The van der Waals surface area contributed by atoms with Crippen LogP contribution in [0.2, 0.25) is 0 Å². The van der Waals surface area contributed by atoms with Crippen LogP contribution < -0.4 is 0 Å². The van der Waals surface area contributed by atoms with Gasteiger partial charge in [-0.15, -0.1) is 0 Å². The number of methoxy groups -OCH3 is 1. The molecule has 1 aliphatic heterocycles. The number of esters is 3. The topological polar surface area (TPSA) is 108 Å². The summed E-state index contributed by atoms with van der Waals surface area (Å²) in [6, 6.07) is -1.24. The summed E-state index contributed by atoms with van der Waals surface area (Å²) in [7, 11) is 1.13. The number of amides is 1. The van der Waals surface area contributed by atoms with Gasteiger partial charge in [0.25, 0.3) is 0 Å². The smallest absolute Gasteiger partial charge is 0.410 e. The van der Waals surface area contributed by atoms with Crippen LogP contribution in [0, 0.1) is 0 Å². The van der Waals surface area contributed by atoms with Gasteiger partial charge in [-0.1, -0.05) is 0 Å². The molecule has 0 unspecified atom stereocenters. The van der Waals surface area contributed by atoms with Crippen LogP contribution in [-0.2, 0) is 33.3 Å². The van der Waals surface area contributed by atoms with Crippen molar-refractivity contribution in [3.8, 4) is 0 Å². The fraction of sp³-hybridized carbons (Fsp3) is 0.692. The number of rotatable bonds is 4. The Morgan fingerprint density at radius 1 is 1.09 bits per heavy atom. The molecule has 22 heavy (non-hydrogen) atoms. The van der Waals surface area contributed by atoms with E-state index < -0.39 is 42.3 Å². The summed E-state index contributed by atoms with van der Waals surface area (Å²) in [5.74, 6) is -2.10. The lowest BCUT2D eigenvalue weighted by Gasteiger charge is -2.24. The first kappa shape index (κ1) is 17.7. The molecule has 0 aromatic rings. The van der Waals surface area contributed by atoms with E-state index in [1.165, 1.54) is 6.92 Å². The van der Waals surface area contributed by atoms with Gasteiger partial charge in [0.2, 0.25) is 0 Å². The standard InChI is InChI=1S/C13H19NO8/c1-5-20-13(18)14-6-9(21-7(2)15)11(22-8(3)16)10(14)12(17)19-4/h9-11H,5-6H2,1-4H3/t9-,10+,11+/m0/s1. The fourth-order valence-corrected chi connectivity index (χ4v) is 2.22. The highest BCUT2D eigenvalue weighted by molar-refractivity contribution is 5.84. The Bertz CT molecular complexity index is 463. The second kappa shape index (κ2) is 7.62. The van der Waals surface area contributed by atoms with Crippen molar-refractivity contribution in [2.24, 2.45) is 0 Å². The molecule has 0 spiro atoms. The van der Waals surface area contributed by atoms with Gasteiger partial charge < -0.3 is 18.9 Å². The van der Waals surface area contributed by atoms with Gasteiger partial charge in [-0.25, -0.2) is 9.59 Å². The number of nitrogens with zero attached hydrogens (tertiary/aromatic N) is 1. The number of carbonyl (C=O) groups excluding carboxylic acids is 4. The van der Waals surface area contributed by atoms with Gasteiger partial charge in [0.15, 0.2) is 18.2 Å². The summed E-state index contributed by atoms with van der Waals surface area (Å²) in [5, 5.41) is 0. The van der Waals surface area contributed by atoms with Crippen LogP contribution in [0.25, 0.3) is 0 Å². The third kappa shape index (κ3) is 4.09. The van der Waals surface area contributed by atoms with E-state index in [9.17, 15) is 19.2 Å². The van der Waals surface area contributed by atoms with Gasteiger partial charge >= 0.3 is 24.0 Å². The minimum atomic E-state index is -1.24. The average Bonchev–Trinajstić information content (AvgIpc) is 2.75. The Balaban J connectivity index is 3.11. The molecule has 0 aromatic heterocycles. The molecule has 0 N–H and O–H groups in total. The van der Waals surface area contributed by atoms with Gasteiger partial charge in [-0.3, -0.25) is 14.5 Å². The Kier molecular flexibility index (Phi) is 6.14. The normalized spacial score (nSPS) is 23.6. The van der Waals surface area contributed by atoms with E-state index in [4.69, 9.17) is 14.2 Å². The van der Waals surface area contributed by atoms with E-state index in [1.54, 1.807) is 6.92 Å². The van der Waals surface area contributed by atoms with E-state index in [0.717, 1.165) is 18.9 Å². The zero-order valence-electron chi connectivity index (χ0n) is 12.9. The summed E-state index contributed by atoms with van der Waals surface area (Å²) < 4.78 is 19.6. The minimum Gasteiger partial charge on any atom is -0.467 e. The Labute approximate surface area is 127 Å². The third-order valence-electron chi connectivity index (χ3n) is 2.95. The molecular formula is C13H19NO8. The Morgan fingerprint density at radius 3 is 2.14 bits per heavy atom. The average molecular weight is 317 g/mol. The predicted molar refractivity (Wildman–Crippen MR) is 70.6 cm³/mol. The molecule has 0 aliphatic carbocycles. The number of likely N-dealkylation sites (tertiary alicyclic amines) is 1. The van der Waals surface area contributed by atoms with Crippen LogP contribution in [0.5, 0.6) is 0 Å². The zero-order valence-corrected chi connectivity index (χ0v) is 12.9. The summed E-state index contributed by atoms with van der Waals surface area (Å²) >= 11 is 0. The quantitative estimate of drug-likeness (QED) is 0.521. The van der Waals surface area contributed by atoms with Crippen molar-refractivity contribution in [1.82, 2.24) is 4.90 Å². The maximum Gasteiger partial charge on any atom is 0.410 e. The molecule has 9 nitrogen and oxygen atoms in total. The third-order valence-corrected chi connectivity index (χ3v) is 2.95. The molecule has 0 bridgehead atoms. The molecule has 1 amide bonds. The maximum atomic E-state index is 12.0. The Hall–Kier alpha value is -2.32. The molecule has 0 aromatic carbocycles. The van der Waals surface area contributed by atoms with Crippen LogP contribution in [0.3, 0.4) is 0 Å². The first-order valence-electron chi connectivity index (χ1n) is 6.67. The van der Waals surface area contributed by atoms with Crippen LogP contribution in [0.1, 0.15) is 20.8 Å². The van der Waals surface area contributed by atoms with E-state index >= 15 is 0 Å². The zero-order chi connectivity index (χ0) is 16.9. The van der Waals surface area contributed by atoms with Crippen molar-refractivity contribution < 1.29 is 38.1 Å². The van der Waals surface area contributed by atoms with Crippen molar-refractivity contribution in [2.75, 3.05) is 20.3 Å². The lowest BCUT2D eigenvalue weighted by molar-refractivity contribution is -0.167. The van der Waals surface area contributed by atoms with Crippen molar-refractivity contribution in [2.45, 2.75) is 39.0 Å². The Morgan fingerprint density at radius 2 is 1.68 bits per heavy atom. The largest absolute Gasteiger partial charge is 0.467 e. The minimum absolute atomic E-state index is 0.0969. The molecule has 1 rings (SSSR count). The second-order valence-electron chi connectivity index (χ2n) is 4.54. The first-order chi connectivity index (χ1) is 10.3. The van der Waals surface area contributed by atoms with Crippen LogP contribution in [-0.4, -0.2) is 67.4 Å². The van der Waals surface area contributed by atoms with Crippen molar-refractivity contribution in [3.63, 3.8) is 0 Å². The van der Waals surface area contributed by atoms with Crippen molar-refractivity contribution in [3.05, 3.63) is 0 Å². The van der Waals surface area contributed by atoms with E-state index in [-0.39, 0.29) is 13.2 Å². The van der Waals surface area contributed by atoms with Crippen molar-refractivity contribution in [1.29, 1.82) is 0 Å². The molecule has 3 atom stereocenters. The van der Waals surface area contributed by atoms with Crippen LogP contribution in [0.4, 0.5) is 4.79 Å². The van der Waals surface area contributed by atoms with Gasteiger partial charge in [-0.2, -0.15) is 0 Å². The number of hydrogen-bond donors (Lipinski definition) is 0. The van der Waals surface area contributed by atoms with Crippen molar-refractivity contribution >= 4 is 24.0 Å². The highest BCUT2D eigenvalue weighted by Crippen LogP contribution is 2.26. The highest BCUT2D eigenvalue weighted by atomic mass is 16.6. The molecule has 1 fully saturated rings. The molecule has 0 saturated carbocycles. The summed E-state index contributed by atoms with van der Waals surface area (Å²) in [4.78, 5) is 47.3. The van der Waals surface area contributed by atoms with Gasteiger partial charge in [-0.05, 0) is 6.92 Å². The van der Waals surface area contributed by atoms with Gasteiger partial charge in [0.1, 0.15) is 0 Å². The van der Waals surface area contributed by atoms with E-state index in [1.807, 2.05) is 0 Å². The van der Waals surface area contributed by atoms with Crippen LogP contribution in [0.15, 0.2) is 0 Å². The molecule has 1 saturated heterocycles. The SMILES string of the molecule is CCOC(=O)N1C[C@H](OC(C)=O)[C@@H](OC(C)=O)[C@@H]1C(=O)OC. The molecule has 0 radical (unpaired) electrons. The van der Waals surface area contributed by atoms with Crippen LogP contribution >= 0.6 is 0 Å². The lowest BCUT2D eigenvalue weighted by atomic mass is 10.1. The predicted octanol–water partition coefficient (Wildman–Crippen LogP) is -0.136. The molecule has 1 aliphatic rings. The maximum absolute atomic E-state index is 12.0. The lowest BCUT2D eigenvalue weighted by Crippen LogP contribution is -2.47. The number of hydrogen-bond acceptors (Lipinski definition) is 8. The molecule has 1 heterocycles. The highest BCUT2D eigenvalue weighted by Gasteiger charge is 2.53. The first-order valence-corrected chi connectivity index (χ1v) is 6.67. The molecule has 9 heteroatoms. The number of ether oxygens (including phenoxy) is 4. The van der Waals surface area contributed by atoms with Gasteiger partial charge in [0.05, 0.1) is 20.3 Å². The number of carbonyl (C=O) groups is 4. The molecular weight excluding hydrogens is 298 g/mol. The summed E-state index contributed by atoms with van der Waals surface area (Å²) in [6.07, 6.45) is -2.92. The van der Waals surface area contributed by atoms with E-state index in [0.29, 0.717) is 0 Å². The summed E-state index contributed by atoms with van der Waals surface area (Å²) in [6.45, 7) is 3.88.